The van der Waals surface area contributed by atoms with Crippen molar-refractivity contribution in [3.63, 3.8) is 0 Å². The number of piperazine rings is 1. The Morgan fingerprint density at radius 1 is 1.11 bits per heavy atom. The molecule has 0 radical (unpaired) electrons. The van der Waals surface area contributed by atoms with Crippen LogP contribution in [-0.4, -0.2) is 88.0 Å². The maximum absolute atomic E-state index is 13.2. The monoisotopic (exact) mass is 552 g/mol. The second-order valence-electron chi connectivity index (χ2n) is 8.42. The minimum absolute atomic E-state index is 0.0902. The van der Waals surface area contributed by atoms with Crippen LogP contribution in [0.25, 0.3) is 0 Å². The normalized spacial score (nSPS) is 15.6. The number of carbonyl (C=O) groups is 1. The largest absolute Gasteiger partial charge is 0.423 e. The van der Waals surface area contributed by atoms with Gasteiger partial charge in [-0.15, -0.1) is 0 Å². The van der Waals surface area contributed by atoms with E-state index >= 15 is 0 Å². The molecule has 0 spiro atoms. The van der Waals surface area contributed by atoms with Crippen molar-refractivity contribution in [2.45, 2.75) is 32.2 Å². The van der Waals surface area contributed by atoms with Gasteiger partial charge in [-0.1, -0.05) is 6.92 Å². The summed E-state index contributed by atoms with van der Waals surface area (Å²) in [7, 11) is 0. The molecule has 1 saturated heterocycles. The number of likely N-dealkylation sites (N-methyl/N-ethyl adjacent to an activating group) is 1. The van der Waals surface area contributed by atoms with Crippen LogP contribution in [0, 0.1) is 0 Å². The number of hydroxylamine groups is 2. The minimum Gasteiger partial charge on any atom is -0.379 e. The number of aromatic amines is 1. The topological polar surface area (TPSA) is 120 Å². The molecule has 38 heavy (non-hydrogen) atoms. The molecule has 1 aliphatic heterocycles. The summed E-state index contributed by atoms with van der Waals surface area (Å²) in [5, 5.41) is 9.18. The molecule has 0 unspecified atom stereocenters. The molecular weight excluding hydrogens is 526 g/mol. The average Bonchev–Trinajstić information content (AvgIpc) is 2.85. The van der Waals surface area contributed by atoms with Crippen LogP contribution in [-0.2, 0) is 22.0 Å². The summed E-state index contributed by atoms with van der Waals surface area (Å²) < 4.78 is 77.8. The number of hydrogen-bond acceptors (Lipinski definition) is 9. The van der Waals surface area contributed by atoms with Crippen LogP contribution in [0.2, 0.25) is 0 Å². The highest BCUT2D eigenvalue weighted by atomic mass is 19.4. The molecule has 1 amide bonds. The molecule has 0 saturated carbocycles. The SMILES string of the molecule is CCN(C[C@H](C)Nc1cn[nH]c(=O)c1C(F)(F)F)OCC(=O)N1CCN(c2ncc(C(F)(F)F)cn2)CC1. The summed E-state index contributed by atoms with van der Waals surface area (Å²) >= 11 is 0. The first-order valence-electron chi connectivity index (χ1n) is 11.5. The van der Waals surface area contributed by atoms with E-state index in [1.165, 1.54) is 9.96 Å². The van der Waals surface area contributed by atoms with Gasteiger partial charge in [0.1, 0.15) is 12.2 Å². The van der Waals surface area contributed by atoms with Gasteiger partial charge in [0, 0.05) is 57.7 Å². The van der Waals surface area contributed by atoms with Crippen LogP contribution in [0.1, 0.15) is 25.0 Å². The predicted octanol–water partition coefficient (Wildman–Crippen LogP) is 2.00. The molecule has 3 rings (SSSR count). The molecule has 3 heterocycles. The second kappa shape index (κ2) is 11.9. The predicted molar refractivity (Wildman–Crippen MR) is 122 cm³/mol. The van der Waals surface area contributed by atoms with Gasteiger partial charge in [-0.2, -0.15) is 36.5 Å². The highest BCUT2D eigenvalue weighted by molar-refractivity contribution is 5.77. The van der Waals surface area contributed by atoms with Gasteiger partial charge < -0.3 is 15.1 Å². The maximum Gasteiger partial charge on any atom is 0.423 e. The Labute approximate surface area is 212 Å². The van der Waals surface area contributed by atoms with E-state index in [9.17, 15) is 35.9 Å². The lowest BCUT2D eigenvalue weighted by molar-refractivity contribution is -0.176. The van der Waals surface area contributed by atoms with E-state index in [4.69, 9.17) is 4.84 Å². The Morgan fingerprint density at radius 3 is 2.29 bits per heavy atom. The Bertz CT molecular complexity index is 1130. The maximum atomic E-state index is 13.2. The second-order valence-corrected chi connectivity index (χ2v) is 8.42. The van der Waals surface area contributed by atoms with Crippen LogP contribution >= 0.6 is 0 Å². The molecule has 1 aliphatic rings. The molecule has 0 bridgehead atoms. The van der Waals surface area contributed by atoms with Gasteiger partial charge in [0.25, 0.3) is 11.5 Å². The highest BCUT2D eigenvalue weighted by Crippen LogP contribution is 2.31. The molecule has 1 fully saturated rings. The number of nitrogens with zero attached hydrogens (tertiary/aromatic N) is 6. The first-order valence-corrected chi connectivity index (χ1v) is 11.5. The van der Waals surface area contributed by atoms with Gasteiger partial charge >= 0.3 is 12.4 Å². The van der Waals surface area contributed by atoms with Crippen molar-refractivity contribution in [1.29, 1.82) is 0 Å². The van der Waals surface area contributed by atoms with Crippen molar-refractivity contribution in [3.8, 4) is 0 Å². The van der Waals surface area contributed by atoms with Crippen LogP contribution in [0.5, 0.6) is 0 Å². The van der Waals surface area contributed by atoms with E-state index in [-0.39, 0.29) is 38.1 Å². The summed E-state index contributed by atoms with van der Waals surface area (Å²) in [5.74, 6) is -0.209. The molecule has 2 aromatic heterocycles. The van der Waals surface area contributed by atoms with Gasteiger partial charge in [0.05, 0.1) is 17.4 Å². The number of anilines is 2. The molecule has 11 nitrogen and oxygen atoms in total. The molecule has 1 atom stereocenters. The zero-order valence-corrected chi connectivity index (χ0v) is 20.4. The van der Waals surface area contributed by atoms with Gasteiger partial charge in [-0.3, -0.25) is 14.4 Å². The zero-order valence-electron chi connectivity index (χ0n) is 20.4. The van der Waals surface area contributed by atoms with Crippen molar-refractivity contribution in [2.75, 3.05) is 56.1 Å². The molecule has 2 aromatic rings. The first-order chi connectivity index (χ1) is 17.8. The summed E-state index contributed by atoms with van der Waals surface area (Å²) in [4.78, 5) is 40.5. The summed E-state index contributed by atoms with van der Waals surface area (Å²) in [6.45, 7) is 4.55. The summed E-state index contributed by atoms with van der Waals surface area (Å²) in [6.07, 6.45) is -7.13. The summed E-state index contributed by atoms with van der Waals surface area (Å²) in [6, 6.07) is -0.609. The Morgan fingerprint density at radius 2 is 1.74 bits per heavy atom. The van der Waals surface area contributed by atoms with Crippen molar-refractivity contribution < 1.29 is 36.0 Å². The third kappa shape index (κ3) is 7.53. The first kappa shape index (κ1) is 29.1. The fourth-order valence-electron chi connectivity index (χ4n) is 3.70. The lowest BCUT2D eigenvalue weighted by atomic mass is 10.2. The number of nitrogens with one attached hydrogen (secondary N) is 2. The van der Waals surface area contributed by atoms with Crippen LogP contribution in [0.15, 0.2) is 23.4 Å². The highest BCUT2D eigenvalue weighted by Gasteiger charge is 2.37. The van der Waals surface area contributed by atoms with Crippen LogP contribution < -0.4 is 15.8 Å². The number of H-pyrrole nitrogens is 1. The fourth-order valence-corrected chi connectivity index (χ4v) is 3.70. The number of halogens is 6. The van der Waals surface area contributed by atoms with Gasteiger partial charge in [0.15, 0.2) is 0 Å². The zero-order chi connectivity index (χ0) is 28.1. The average molecular weight is 552 g/mol. The number of amides is 1. The number of aromatic nitrogens is 4. The lowest BCUT2D eigenvalue weighted by Gasteiger charge is -2.35. The van der Waals surface area contributed by atoms with Crippen molar-refractivity contribution in [3.05, 3.63) is 40.1 Å². The Hall–Kier alpha value is -3.47. The Kier molecular flexibility index (Phi) is 9.14. The lowest BCUT2D eigenvalue weighted by Crippen LogP contribution is -2.50. The molecular formula is C21H26F6N8O3. The van der Waals surface area contributed by atoms with Crippen molar-refractivity contribution in [1.82, 2.24) is 30.1 Å². The third-order valence-corrected chi connectivity index (χ3v) is 5.62. The molecule has 0 aromatic carbocycles. The van der Waals surface area contributed by atoms with E-state index in [1.54, 1.807) is 23.8 Å². The van der Waals surface area contributed by atoms with E-state index in [0.29, 0.717) is 32.0 Å². The summed E-state index contributed by atoms with van der Waals surface area (Å²) in [5.41, 5.74) is -4.18. The smallest absolute Gasteiger partial charge is 0.379 e. The third-order valence-electron chi connectivity index (χ3n) is 5.62. The van der Waals surface area contributed by atoms with Crippen molar-refractivity contribution in [2.24, 2.45) is 0 Å². The number of alkyl halides is 6. The van der Waals surface area contributed by atoms with Crippen LogP contribution in [0.3, 0.4) is 0 Å². The Balaban J connectivity index is 1.48. The van der Waals surface area contributed by atoms with E-state index in [0.717, 1.165) is 6.20 Å². The van der Waals surface area contributed by atoms with Crippen LogP contribution in [0.4, 0.5) is 38.0 Å². The van der Waals surface area contributed by atoms with Gasteiger partial charge in [0.2, 0.25) is 5.95 Å². The van der Waals surface area contributed by atoms with Crippen molar-refractivity contribution >= 4 is 17.5 Å². The quantitative estimate of drug-likeness (QED) is 0.356. The number of hydrogen-bond donors (Lipinski definition) is 2. The van der Waals surface area contributed by atoms with E-state index < -0.39 is 40.8 Å². The number of rotatable bonds is 9. The van der Waals surface area contributed by atoms with E-state index in [1.807, 2.05) is 0 Å². The molecule has 0 aliphatic carbocycles. The standard InChI is InChI=1S/C21H26F6N8O3/c1-3-35(11-13(2)31-15-10-30-32-18(37)17(15)21(25,26)27)38-12-16(36)33-4-6-34(7-5-33)19-28-8-14(9-29-19)20(22,23)24/h8-10,13H,3-7,11-12H2,1-2H3,(H2,31,32,37)/t13-/m0/s1. The van der Waals surface area contributed by atoms with E-state index in [2.05, 4.69) is 20.4 Å². The number of carbonyl (C=O) groups excluding carboxylic acids is 1. The van der Waals surface area contributed by atoms with Gasteiger partial charge in [-0.25, -0.2) is 15.1 Å². The molecule has 17 heteroatoms. The van der Waals surface area contributed by atoms with Gasteiger partial charge in [-0.05, 0) is 6.92 Å². The molecule has 2 N–H and O–H groups in total. The fraction of sp³-hybridized carbons (Fsp3) is 0.571. The minimum atomic E-state index is -4.88. The molecule has 210 valence electrons.